The molecule has 0 aliphatic carbocycles. The molecule has 1 fully saturated rings. The number of nitrogens with zero attached hydrogens (tertiary/aromatic N) is 1. The average Bonchev–Trinajstić information content (AvgIpc) is 3.58. The maximum atomic E-state index is 13.1. The van der Waals surface area contributed by atoms with Crippen LogP contribution < -0.4 is 9.47 Å². The third kappa shape index (κ3) is 10.2. The van der Waals surface area contributed by atoms with Gasteiger partial charge in [-0.1, -0.05) is 48.9 Å². The number of sulfone groups is 1. The van der Waals surface area contributed by atoms with Crippen molar-refractivity contribution in [1.82, 2.24) is 0 Å². The third-order valence-electron chi connectivity index (χ3n) is 9.66. The molecule has 1 unspecified atom stereocenters. The molecule has 0 N–H and O–H groups in total. The number of esters is 1. The molecule has 0 aromatic heterocycles. The number of carbonyl (C=O) groups is 1. The first-order valence-corrected chi connectivity index (χ1v) is 19.0. The zero-order valence-corrected chi connectivity index (χ0v) is 31.0. The number of methoxy groups -OCH3 is 1. The molecule has 272 valence electrons. The Labute approximate surface area is 302 Å². The summed E-state index contributed by atoms with van der Waals surface area (Å²) in [5.41, 5.74) is 2.51. The Morgan fingerprint density at radius 3 is 1.76 bits per heavy atom. The number of aryl methyl sites for hydroxylation is 1. The number of ether oxygens (including phenoxy) is 5. The predicted octanol–water partition coefficient (Wildman–Crippen LogP) is 7.49. The van der Waals surface area contributed by atoms with Gasteiger partial charge in [-0.15, -0.1) is 0 Å². The van der Waals surface area contributed by atoms with E-state index in [9.17, 15) is 13.2 Å². The van der Waals surface area contributed by atoms with E-state index in [4.69, 9.17) is 23.7 Å². The van der Waals surface area contributed by atoms with Crippen molar-refractivity contribution in [2.75, 3.05) is 60.4 Å². The summed E-state index contributed by atoms with van der Waals surface area (Å²) in [6.07, 6.45) is 3.25. The van der Waals surface area contributed by atoms with Gasteiger partial charge in [0.25, 0.3) is 0 Å². The Bertz CT molecular complexity index is 1800. The molecule has 4 aromatic rings. The second kappa shape index (κ2) is 17.3. The number of benzene rings is 4. The van der Waals surface area contributed by atoms with Gasteiger partial charge in [-0.25, -0.2) is 8.42 Å². The van der Waals surface area contributed by atoms with Gasteiger partial charge >= 0.3 is 5.97 Å². The summed E-state index contributed by atoms with van der Waals surface area (Å²) < 4.78 is 55.5. The van der Waals surface area contributed by atoms with Gasteiger partial charge in [0, 0.05) is 24.7 Å². The normalized spacial score (nSPS) is 15.2. The fraction of sp³-hybridized carbons (Fsp3) is 0.390. The molecular weight excluding hydrogens is 667 g/mol. The van der Waals surface area contributed by atoms with Crippen LogP contribution in [0.25, 0.3) is 0 Å². The minimum atomic E-state index is -3.63. The lowest BCUT2D eigenvalue weighted by atomic mass is 9.73. The van der Waals surface area contributed by atoms with Crippen molar-refractivity contribution in [2.45, 2.75) is 54.7 Å². The van der Waals surface area contributed by atoms with E-state index in [2.05, 4.69) is 14.0 Å². The zero-order valence-electron chi connectivity index (χ0n) is 30.1. The summed E-state index contributed by atoms with van der Waals surface area (Å²) in [5, 5.41) is 0. The predicted molar refractivity (Wildman–Crippen MR) is 196 cm³/mol. The van der Waals surface area contributed by atoms with Crippen LogP contribution in [0.15, 0.2) is 107 Å². The smallest absolute Gasteiger partial charge is 0.305 e. The molecule has 0 spiro atoms. The summed E-state index contributed by atoms with van der Waals surface area (Å²) in [4.78, 5) is 13.3. The van der Waals surface area contributed by atoms with Crippen molar-refractivity contribution in [2.24, 2.45) is 0 Å². The second-order valence-electron chi connectivity index (χ2n) is 13.6. The molecule has 1 saturated heterocycles. The van der Waals surface area contributed by atoms with Crippen LogP contribution in [0.2, 0.25) is 0 Å². The van der Waals surface area contributed by atoms with Gasteiger partial charge in [-0.2, -0.15) is 0 Å². The lowest BCUT2D eigenvalue weighted by molar-refractivity contribution is -0.916. The number of likely N-dealkylation sites (tertiary alicyclic amines) is 1. The molecule has 10 heteroatoms. The number of hydrogen-bond acceptors (Lipinski definition) is 8. The standard InChI is InChI=1S/C41H50NO8S/c1-32-7-19-38(20-8-32)51(44,45)39-21-17-37(18-22-39)50-36-15-11-34(12-16-36)41(2,33-9-13-35(46-4)14-10-33)24-23-40(43)49-30-29-47-27-28-48-31-42(3)25-5-6-26-42/h7-22H,5-6,23-31H2,1-4H3/q+1. The van der Waals surface area contributed by atoms with E-state index < -0.39 is 15.3 Å². The summed E-state index contributed by atoms with van der Waals surface area (Å²) in [6, 6.07) is 28.8. The number of hydrogen-bond donors (Lipinski definition) is 0. The van der Waals surface area contributed by atoms with E-state index in [1.165, 1.54) is 12.8 Å². The molecule has 1 aliphatic rings. The van der Waals surface area contributed by atoms with Gasteiger partial charge in [0.15, 0.2) is 6.73 Å². The topological polar surface area (TPSA) is 97.4 Å². The van der Waals surface area contributed by atoms with Crippen molar-refractivity contribution in [3.63, 3.8) is 0 Å². The minimum Gasteiger partial charge on any atom is -0.497 e. The molecule has 9 nitrogen and oxygen atoms in total. The zero-order chi connectivity index (χ0) is 36.3. The second-order valence-corrected chi connectivity index (χ2v) is 15.6. The minimum absolute atomic E-state index is 0.191. The lowest BCUT2D eigenvalue weighted by Gasteiger charge is -2.31. The van der Waals surface area contributed by atoms with E-state index in [1.807, 2.05) is 55.5 Å². The molecule has 4 aromatic carbocycles. The highest BCUT2D eigenvalue weighted by Crippen LogP contribution is 2.38. The molecular formula is C41H50NO8S+. The van der Waals surface area contributed by atoms with E-state index in [0.717, 1.165) is 40.0 Å². The molecule has 0 amide bonds. The third-order valence-corrected chi connectivity index (χ3v) is 11.4. The fourth-order valence-electron chi connectivity index (χ4n) is 6.35. The van der Waals surface area contributed by atoms with Crippen LogP contribution in [0, 0.1) is 6.92 Å². The van der Waals surface area contributed by atoms with Crippen LogP contribution in [-0.2, 0) is 34.3 Å². The van der Waals surface area contributed by atoms with Crippen LogP contribution >= 0.6 is 0 Å². The first-order valence-electron chi connectivity index (χ1n) is 17.5. The molecule has 0 radical (unpaired) electrons. The number of carbonyl (C=O) groups excluding carboxylic acids is 1. The summed E-state index contributed by atoms with van der Waals surface area (Å²) in [7, 11) is 0.224. The van der Waals surface area contributed by atoms with Gasteiger partial charge in [0.2, 0.25) is 9.84 Å². The van der Waals surface area contributed by atoms with Crippen molar-refractivity contribution < 1.29 is 41.4 Å². The van der Waals surface area contributed by atoms with Crippen molar-refractivity contribution >= 4 is 15.8 Å². The van der Waals surface area contributed by atoms with Crippen molar-refractivity contribution in [3.05, 3.63) is 114 Å². The van der Waals surface area contributed by atoms with Crippen LogP contribution in [-0.4, -0.2) is 79.3 Å². The highest BCUT2D eigenvalue weighted by Gasteiger charge is 2.30. The van der Waals surface area contributed by atoms with Gasteiger partial charge in [-0.05, 0) is 85.1 Å². The molecule has 0 saturated carbocycles. The van der Waals surface area contributed by atoms with Crippen molar-refractivity contribution in [1.29, 1.82) is 0 Å². The monoisotopic (exact) mass is 716 g/mol. The number of quaternary nitrogens is 1. The number of rotatable bonds is 18. The Morgan fingerprint density at radius 1 is 0.706 bits per heavy atom. The average molecular weight is 717 g/mol. The Kier molecular flexibility index (Phi) is 12.9. The van der Waals surface area contributed by atoms with E-state index >= 15 is 0 Å². The highest BCUT2D eigenvalue weighted by atomic mass is 32.2. The Balaban J connectivity index is 1.16. The van der Waals surface area contributed by atoms with Crippen LogP contribution in [0.1, 0.15) is 49.3 Å². The van der Waals surface area contributed by atoms with Crippen molar-refractivity contribution in [3.8, 4) is 17.2 Å². The maximum absolute atomic E-state index is 13.1. The maximum Gasteiger partial charge on any atom is 0.305 e. The Morgan fingerprint density at radius 2 is 1.20 bits per heavy atom. The molecule has 51 heavy (non-hydrogen) atoms. The quantitative estimate of drug-likeness (QED) is 0.0594. The molecule has 1 heterocycles. The summed E-state index contributed by atoms with van der Waals surface area (Å²) in [6.45, 7) is 8.56. The summed E-state index contributed by atoms with van der Waals surface area (Å²) in [5.74, 6) is 1.58. The van der Waals surface area contributed by atoms with Gasteiger partial charge in [-0.3, -0.25) is 4.79 Å². The van der Waals surface area contributed by atoms with Crippen LogP contribution in [0.5, 0.6) is 17.2 Å². The molecule has 5 rings (SSSR count). The van der Waals surface area contributed by atoms with E-state index in [1.54, 1.807) is 55.6 Å². The molecule has 0 bridgehead atoms. The van der Waals surface area contributed by atoms with Crippen LogP contribution in [0.4, 0.5) is 0 Å². The molecule has 1 aliphatic heterocycles. The summed E-state index contributed by atoms with van der Waals surface area (Å²) >= 11 is 0. The van der Waals surface area contributed by atoms with E-state index in [-0.39, 0.29) is 28.8 Å². The molecule has 1 atom stereocenters. The fourth-order valence-corrected chi connectivity index (χ4v) is 7.61. The highest BCUT2D eigenvalue weighted by molar-refractivity contribution is 7.91. The van der Waals surface area contributed by atoms with Gasteiger partial charge in [0.1, 0.15) is 23.9 Å². The van der Waals surface area contributed by atoms with Gasteiger partial charge < -0.3 is 28.2 Å². The largest absolute Gasteiger partial charge is 0.497 e. The SMILES string of the molecule is COc1ccc(C(C)(CCC(=O)OCCOCCOC[N+]2(C)CCCC2)c2ccc(Oc3ccc(S(=O)(=O)c4ccc(C)cc4)cc3)cc2)cc1. The van der Waals surface area contributed by atoms with Gasteiger partial charge in [0.05, 0.1) is 56.9 Å². The first kappa shape index (κ1) is 38.0. The van der Waals surface area contributed by atoms with Crippen LogP contribution in [0.3, 0.4) is 0 Å². The Hall–Kier alpha value is -4.22. The first-order chi connectivity index (χ1) is 24.5. The van der Waals surface area contributed by atoms with E-state index in [0.29, 0.717) is 44.5 Å². The lowest BCUT2D eigenvalue weighted by Crippen LogP contribution is -2.42.